The Morgan fingerprint density at radius 3 is 2.50 bits per heavy atom. The van der Waals surface area contributed by atoms with E-state index in [4.69, 9.17) is 5.11 Å². The predicted molar refractivity (Wildman–Crippen MR) is 86.8 cm³/mol. The summed E-state index contributed by atoms with van der Waals surface area (Å²) in [4.78, 5) is 25.1. The van der Waals surface area contributed by atoms with E-state index in [0.29, 0.717) is 0 Å². The third-order valence-corrected chi connectivity index (χ3v) is 4.12. The Bertz CT molecular complexity index is 598. The number of aliphatic carboxylic acids is 1. The van der Waals surface area contributed by atoms with Gasteiger partial charge in [0.05, 0.1) is 6.42 Å². The molecule has 4 heteroatoms. The second kappa shape index (κ2) is 7.25. The van der Waals surface area contributed by atoms with E-state index in [9.17, 15) is 9.59 Å². The van der Waals surface area contributed by atoms with Crippen LogP contribution in [0.25, 0.3) is 5.57 Å². The normalized spacial score (nSPS) is 15.2. The molecule has 1 saturated heterocycles. The standard InChI is InChI=1S/C18H23NO3/c1-3-14(7-9-17(20)21)15-6-8-16(13(2)12-15)18(22)19-10-4-5-11-19/h6-8,12H,3-5,9-11H2,1-2H3,(H,20,21)/b14-7+. The summed E-state index contributed by atoms with van der Waals surface area (Å²) < 4.78 is 0. The van der Waals surface area contributed by atoms with Gasteiger partial charge in [-0.1, -0.05) is 25.1 Å². The lowest BCUT2D eigenvalue weighted by molar-refractivity contribution is -0.136. The van der Waals surface area contributed by atoms with Crippen LogP contribution in [0.5, 0.6) is 0 Å². The maximum atomic E-state index is 12.5. The van der Waals surface area contributed by atoms with Crippen LogP contribution in [0.3, 0.4) is 0 Å². The van der Waals surface area contributed by atoms with Crippen molar-refractivity contribution >= 4 is 17.4 Å². The second-order valence-electron chi connectivity index (χ2n) is 5.71. The number of carboxylic acids is 1. The van der Waals surface area contributed by atoms with Gasteiger partial charge in [-0.15, -0.1) is 0 Å². The lowest BCUT2D eigenvalue weighted by atomic mass is 9.97. The first kappa shape index (κ1) is 16.3. The third-order valence-electron chi connectivity index (χ3n) is 4.12. The van der Waals surface area contributed by atoms with Gasteiger partial charge in [0.15, 0.2) is 0 Å². The maximum Gasteiger partial charge on any atom is 0.307 e. The van der Waals surface area contributed by atoms with Gasteiger partial charge < -0.3 is 10.0 Å². The zero-order valence-electron chi connectivity index (χ0n) is 13.3. The first-order chi connectivity index (χ1) is 10.5. The van der Waals surface area contributed by atoms with E-state index in [2.05, 4.69) is 0 Å². The maximum absolute atomic E-state index is 12.5. The Labute approximate surface area is 131 Å². The highest BCUT2D eigenvalue weighted by Gasteiger charge is 2.20. The summed E-state index contributed by atoms with van der Waals surface area (Å²) in [7, 11) is 0. The van der Waals surface area contributed by atoms with E-state index < -0.39 is 5.97 Å². The van der Waals surface area contributed by atoms with Crippen molar-refractivity contribution in [2.75, 3.05) is 13.1 Å². The molecule has 0 atom stereocenters. The molecule has 4 nitrogen and oxygen atoms in total. The summed E-state index contributed by atoms with van der Waals surface area (Å²) in [5.74, 6) is -0.724. The van der Waals surface area contributed by atoms with Crippen LogP contribution in [-0.2, 0) is 4.79 Å². The van der Waals surface area contributed by atoms with Crippen molar-refractivity contribution in [3.63, 3.8) is 0 Å². The Hall–Kier alpha value is -2.10. The molecule has 118 valence electrons. The van der Waals surface area contributed by atoms with Crippen molar-refractivity contribution < 1.29 is 14.7 Å². The molecule has 0 unspecified atom stereocenters. The van der Waals surface area contributed by atoms with Crippen molar-refractivity contribution in [3.8, 4) is 0 Å². The molecule has 0 aromatic heterocycles. The van der Waals surface area contributed by atoms with Gasteiger partial charge in [0, 0.05) is 18.7 Å². The Morgan fingerprint density at radius 1 is 1.27 bits per heavy atom. The molecule has 0 aliphatic carbocycles. The minimum Gasteiger partial charge on any atom is -0.481 e. The minimum atomic E-state index is -0.830. The molecule has 1 aliphatic rings. The summed E-state index contributed by atoms with van der Waals surface area (Å²) in [6, 6.07) is 5.78. The molecule has 1 fully saturated rings. The zero-order chi connectivity index (χ0) is 16.1. The van der Waals surface area contributed by atoms with Crippen molar-refractivity contribution in [2.45, 2.75) is 39.5 Å². The summed E-state index contributed by atoms with van der Waals surface area (Å²) in [6.45, 7) is 5.64. The van der Waals surface area contributed by atoms with E-state index in [1.54, 1.807) is 6.08 Å². The van der Waals surface area contributed by atoms with Crippen LogP contribution in [0.4, 0.5) is 0 Å². The predicted octanol–water partition coefficient (Wildman–Crippen LogP) is 3.50. The van der Waals surface area contributed by atoms with Gasteiger partial charge >= 0.3 is 5.97 Å². The average Bonchev–Trinajstić information content (AvgIpc) is 3.01. The van der Waals surface area contributed by atoms with Gasteiger partial charge in [-0.3, -0.25) is 9.59 Å². The third kappa shape index (κ3) is 3.75. The van der Waals surface area contributed by atoms with Crippen LogP contribution < -0.4 is 0 Å². The smallest absolute Gasteiger partial charge is 0.307 e. The lowest BCUT2D eigenvalue weighted by Gasteiger charge is -2.17. The fourth-order valence-corrected chi connectivity index (χ4v) is 2.87. The number of rotatable bonds is 5. The first-order valence-electron chi connectivity index (χ1n) is 7.84. The zero-order valence-corrected chi connectivity index (χ0v) is 13.3. The molecule has 0 radical (unpaired) electrons. The van der Waals surface area contributed by atoms with Crippen LogP contribution in [0.1, 0.15) is 54.1 Å². The summed E-state index contributed by atoms with van der Waals surface area (Å²) in [6.07, 6.45) is 4.71. The highest BCUT2D eigenvalue weighted by atomic mass is 16.4. The number of amides is 1. The first-order valence-corrected chi connectivity index (χ1v) is 7.84. The summed E-state index contributed by atoms with van der Waals surface area (Å²) in [5.41, 5.74) is 3.70. The molecule has 1 aromatic rings. The fourth-order valence-electron chi connectivity index (χ4n) is 2.87. The van der Waals surface area contributed by atoms with Crippen LogP contribution in [0.2, 0.25) is 0 Å². The number of allylic oxidation sites excluding steroid dienone is 1. The number of carboxylic acid groups (broad SMARTS) is 1. The van der Waals surface area contributed by atoms with Gasteiger partial charge in [0.2, 0.25) is 0 Å². The van der Waals surface area contributed by atoms with E-state index in [1.807, 2.05) is 36.9 Å². The van der Waals surface area contributed by atoms with Gasteiger partial charge in [-0.05, 0) is 49.0 Å². The molecule has 0 spiro atoms. The number of hydrogen-bond donors (Lipinski definition) is 1. The molecule has 1 aliphatic heterocycles. The van der Waals surface area contributed by atoms with E-state index >= 15 is 0 Å². The highest BCUT2D eigenvalue weighted by molar-refractivity contribution is 5.96. The SMILES string of the molecule is CC/C(=C\CC(=O)O)c1ccc(C(=O)N2CCCC2)c(C)c1. The van der Waals surface area contributed by atoms with Crippen molar-refractivity contribution in [1.29, 1.82) is 0 Å². The Kier molecular flexibility index (Phi) is 5.36. The quantitative estimate of drug-likeness (QED) is 0.905. The summed E-state index contributed by atoms with van der Waals surface area (Å²) >= 11 is 0. The van der Waals surface area contributed by atoms with E-state index in [0.717, 1.165) is 54.6 Å². The molecule has 1 heterocycles. The molecule has 1 amide bonds. The number of nitrogens with zero attached hydrogens (tertiary/aromatic N) is 1. The highest BCUT2D eigenvalue weighted by Crippen LogP contribution is 2.23. The largest absolute Gasteiger partial charge is 0.481 e. The molecule has 2 rings (SSSR count). The van der Waals surface area contributed by atoms with Gasteiger partial charge in [-0.25, -0.2) is 0 Å². The topological polar surface area (TPSA) is 57.6 Å². The van der Waals surface area contributed by atoms with Crippen LogP contribution in [-0.4, -0.2) is 35.0 Å². The average molecular weight is 301 g/mol. The second-order valence-corrected chi connectivity index (χ2v) is 5.71. The van der Waals surface area contributed by atoms with Crippen molar-refractivity contribution in [1.82, 2.24) is 4.90 Å². The van der Waals surface area contributed by atoms with Crippen LogP contribution in [0.15, 0.2) is 24.3 Å². The molecular weight excluding hydrogens is 278 g/mol. The molecule has 1 N–H and O–H groups in total. The number of aryl methyl sites for hydroxylation is 1. The molecule has 0 bridgehead atoms. The fraction of sp³-hybridized carbons (Fsp3) is 0.444. The van der Waals surface area contributed by atoms with Crippen LogP contribution >= 0.6 is 0 Å². The van der Waals surface area contributed by atoms with Crippen molar-refractivity contribution in [2.24, 2.45) is 0 Å². The number of likely N-dealkylation sites (tertiary alicyclic amines) is 1. The van der Waals surface area contributed by atoms with E-state index in [1.165, 1.54) is 0 Å². The van der Waals surface area contributed by atoms with E-state index in [-0.39, 0.29) is 12.3 Å². The summed E-state index contributed by atoms with van der Waals surface area (Å²) in [5, 5.41) is 8.80. The van der Waals surface area contributed by atoms with Crippen LogP contribution in [0, 0.1) is 6.92 Å². The molecule has 22 heavy (non-hydrogen) atoms. The van der Waals surface area contributed by atoms with Crippen molar-refractivity contribution in [3.05, 3.63) is 41.0 Å². The lowest BCUT2D eigenvalue weighted by Crippen LogP contribution is -2.28. The van der Waals surface area contributed by atoms with Gasteiger partial charge in [0.1, 0.15) is 0 Å². The number of carbonyl (C=O) groups excluding carboxylic acids is 1. The van der Waals surface area contributed by atoms with Gasteiger partial charge in [-0.2, -0.15) is 0 Å². The monoisotopic (exact) mass is 301 g/mol. The molecule has 0 saturated carbocycles. The van der Waals surface area contributed by atoms with Gasteiger partial charge in [0.25, 0.3) is 5.91 Å². The number of carbonyl (C=O) groups is 2. The number of hydrogen-bond acceptors (Lipinski definition) is 2. The Balaban J connectivity index is 2.23. The molecular formula is C18H23NO3. The Morgan fingerprint density at radius 2 is 1.95 bits per heavy atom. The minimum absolute atomic E-state index is 0.0245. The number of benzene rings is 1. The molecule has 1 aromatic carbocycles.